The third kappa shape index (κ3) is 4.56. The highest BCUT2D eigenvalue weighted by Crippen LogP contribution is 2.19. The van der Waals surface area contributed by atoms with Crippen LogP contribution in [0.2, 0.25) is 0 Å². The number of ether oxygens (including phenoxy) is 1. The summed E-state index contributed by atoms with van der Waals surface area (Å²) >= 11 is 0. The number of piperidine rings is 1. The van der Waals surface area contributed by atoms with Gasteiger partial charge in [0.15, 0.2) is 0 Å². The van der Waals surface area contributed by atoms with Crippen LogP contribution in [0.1, 0.15) is 37.8 Å². The lowest BCUT2D eigenvalue weighted by atomic mass is 10.1. The summed E-state index contributed by atoms with van der Waals surface area (Å²) in [5, 5.41) is 6.10. The minimum atomic E-state index is -0.272. The van der Waals surface area contributed by atoms with Gasteiger partial charge in [0.1, 0.15) is 11.9 Å². The summed E-state index contributed by atoms with van der Waals surface area (Å²) in [5.74, 6) is 1.60. The maximum atomic E-state index is 11.9. The van der Waals surface area contributed by atoms with Crippen LogP contribution in [-0.4, -0.2) is 54.8 Å². The molecule has 1 atom stereocenters. The van der Waals surface area contributed by atoms with Gasteiger partial charge in [-0.3, -0.25) is 4.79 Å². The highest BCUT2D eigenvalue weighted by molar-refractivity contribution is 5.80. The number of carbonyl (C=O) groups excluding carboxylic acids is 1. The molecule has 0 aromatic carbocycles. The van der Waals surface area contributed by atoms with Crippen molar-refractivity contribution in [3.05, 3.63) is 11.8 Å². The quantitative estimate of drug-likeness (QED) is 0.768. The van der Waals surface area contributed by atoms with Crippen molar-refractivity contribution >= 4 is 17.7 Å². The smallest absolute Gasteiger partial charge is 0.249 e. The van der Waals surface area contributed by atoms with Gasteiger partial charge in [0, 0.05) is 44.5 Å². The highest BCUT2D eigenvalue weighted by atomic mass is 16.5. The Morgan fingerprint density at radius 3 is 2.83 bits per heavy atom. The Balaban J connectivity index is 1.47. The average molecular weight is 333 g/mol. The van der Waals surface area contributed by atoms with E-state index < -0.39 is 0 Å². The molecule has 0 saturated carbocycles. The van der Waals surface area contributed by atoms with Crippen molar-refractivity contribution in [2.45, 2.75) is 45.1 Å². The summed E-state index contributed by atoms with van der Waals surface area (Å²) < 4.78 is 5.37. The second-order valence-corrected chi connectivity index (χ2v) is 6.46. The van der Waals surface area contributed by atoms with Gasteiger partial charge in [-0.25, -0.2) is 4.98 Å². The minimum Gasteiger partial charge on any atom is -0.368 e. The number of nitrogens with zero attached hydrogens (tertiary/aromatic N) is 3. The predicted molar refractivity (Wildman–Crippen MR) is 93.3 cm³/mol. The van der Waals surface area contributed by atoms with Gasteiger partial charge in [-0.1, -0.05) is 0 Å². The molecule has 1 amide bonds. The molecule has 0 aliphatic carbocycles. The Labute approximate surface area is 143 Å². The minimum absolute atomic E-state index is 0.0199. The van der Waals surface area contributed by atoms with Gasteiger partial charge >= 0.3 is 0 Å². The number of anilines is 2. The molecule has 2 aliphatic rings. The summed E-state index contributed by atoms with van der Waals surface area (Å²) in [5.41, 5.74) is 0.955. The maximum Gasteiger partial charge on any atom is 0.249 e. The molecule has 132 valence electrons. The largest absolute Gasteiger partial charge is 0.368 e. The second-order valence-electron chi connectivity index (χ2n) is 6.46. The van der Waals surface area contributed by atoms with Crippen LogP contribution < -0.4 is 15.5 Å². The topological polar surface area (TPSA) is 79.4 Å². The molecule has 2 saturated heterocycles. The molecule has 0 unspecified atom stereocenters. The van der Waals surface area contributed by atoms with Crippen LogP contribution in [0.4, 0.5) is 11.8 Å². The van der Waals surface area contributed by atoms with E-state index in [1.165, 1.54) is 19.3 Å². The molecule has 2 N–H and O–H groups in total. The third-order valence-corrected chi connectivity index (χ3v) is 4.45. The van der Waals surface area contributed by atoms with Crippen molar-refractivity contribution in [1.82, 2.24) is 15.3 Å². The van der Waals surface area contributed by atoms with Crippen LogP contribution in [0.25, 0.3) is 0 Å². The normalized spacial score (nSPS) is 20.9. The van der Waals surface area contributed by atoms with Crippen molar-refractivity contribution < 1.29 is 9.53 Å². The number of hydrogen-bond donors (Lipinski definition) is 2. The van der Waals surface area contributed by atoms with Crippen LogP contribution in [-0.2, 0) is 9.53 Å². The molecule has 24 heavy (non-hydrogen) atoms. The van der Waals surface area contributed by atoms with Crippen LogP contribution in [0, 0.1) is 6.92 Å². The third-order valence-electron chi connectivity index (χ3n) is 4.45. The fourth-order valence-corrected chi connectivity index (χ4v) is 3.17. The van der Waals surface area contributed by atoms with Crippen LogP contribution >= 0.6 is 0 Å². The molecule has 7 heteroatoms. The second kappa shape index (κ2) is 8.28. The molecule has 7 nitrogen and oxygen atoms in total. The lowest BCUT2D eigenvalue weighted by Gasteiger charge is -2.28. The van der Waals surface area contributed by atoms with Gasteiger partial charge in [-0.2, -0.15) is 4.98 Å². The molecular weight excluding hydrogens is 306 g/mol. The molecular formula is C17H27N5O2. The molecule has 3 heterocycles. The Bertz CT molecular complexity index is 554. The van der Waals surface area contributed by atoms with Crippen LogP contribution in [0.5, 0.6) is 0 Å². The first-order valence-electron chi connectivity index (χ1n) is 8.96. The number of aromatic nitrogens is 2. The predicted octanol–water partition coefficient (Wildman–Crippen LogP) is 1.48. The standard InChI is InChI=1S/C17H27N5O2/c1-13-12-15(22-9-3-2-4-10-22)21-17(20-13)19-8-7-18-16(23)14-6-5-11-24-14/h12,14H,2-11H2,1H3,(H,18,23)(H,19,20,21)/t14-/m1/s1. The number of rotatable bonds is 6. The fraction of sp³-hybridized carbons (Fsp3) is 0.706. The SMILES string of the molecule is Cc1cc(N2CCCCC2)nc(NCCNC(=O)[C@H]2CCCO2)n1. The van der Waals surface area contributed by atoms with E-state index in [1.807, 2.05) is 13.0 Å². The first-order chi connectivity index (χ1) is 11.7. The van der Waals surface area contributed by atoms with Crippen molar-refractivity contribution in [2.24, 2.45) is 0 Å². The van der Waals surface area contributed by atoms with E-state index in [-0.39, 0.29) is 12.0 Å². The van der Waals surface area contributed by atoms with Crippen molar-refractivity contribution in [3.8, 4) is 0 Å². The van der Waals surface area contributed by atoms with E-state index in [0.717, 1.165) is 37.4 Å². The van der Waals surface area contributed by atoms with Crippen LogP contribution in [0.3, 0.4) is 0 Å². The van der Waals surface area contributed by atoms with Gasteiger partial charge in [0.05, 0.1) is 0 Å². The highest BCUT2D eigenvalue weighted by Gasteiger charge is 2.22. The van der Waals surface area contributed by atoms with Gasteiger partial charge < -0.3 is 20.3 Å². The zero-order valence-corrected chi connectivity index (χ0v) is 14.4. The summed E-state index contributed by atoms with van der Waals surface area (Å²) in [6, 6.07) is 2.04. The maximum absolute atomic E-state index is 11.9. The van der Waals surface area contributed by atoms with Crippen LogP contribution in [0.15, 0.2) is 6.07 Å². The van der Waals surface area contributed by atoms with Crippen molar-refractivity contribution in [3.63, 3.8) is 0 Å². The van der Waals surface area contributed by atoms with E-state index in [1.54, 1.807) is 0 Å². The Morgan fingerprint density at radius 2 is 2.08 bits per heavy atom. The zero-order chi connectivity index (χ0) is 16.8. The molecule has 3 rings (SSSR count). The van der Waals surface area contributed by atoms with E-state index >= 15 is 0 Å². The fourth-order valence-electron chi connectivity index (χ4n) is 3.17. The average Bonchev–Trinajstić information content (AvgIpc) is 3.14. The summed E-state index contributed by atoms with van der Waals surface area (Å²) in [4.78, 5) is 23.2. The number of nitrogens with one attached hydrogen (secondary N) is 2. The van der Waals surface area contributed by atoms with Crippen molar-refractivity contribution in [1.29, 1.82) is 0 Å². The lowest BCUT2D eigenvalue weighted by Crippen LogP contribution is -2.37. The van der Waals surface area contributed by atoms with E-state index in [9.17, 15) is 4.79 Å². The zero-order valence-electron chi connectivity index (χ0n) is 14.4. The molecule has 2 fully saturated rings. The number of amides is 1. The Kier molecular flexibility index (Phi) is 5.85. The molecule has 1 aromatic heterocycles. The first kappa shape index (κ1) is 17.0. The lowest BCUT2D eigenvalue weighted by molar-refractivity contribution is -0.129. The molecule has 0 spiro atoms. The summed E-state index contributed by atoms with van der Waals surface area (Å²) in [6.07, 6.45) is 5.26. The van der Waals surface area contributed by atoms with Gasteiger partial charge in [0.25, 0.3) is 0 Å². The molecule has 0 radical (unpaired) electrons. The number of carbonyl (C=O) groups is 1. The van der Waals surface area contributed by atoms with E-state index in [2.05, 4.69) is 25.5 Å². The first-order valence-corrected chi connectivity index (χ1v) is 8.96. The van der Waals surface area contributed by atoms with Gasteiger partial charge in [-0.05, 0) is 39.0 Å². The van der Waals surface area contributed by atoms with E-state index in [0.29, 0.717) is 25.6 Å². The number of hydrogen-bond acceptors (Lipinski definition) is 6. The van der Waals surface area contributed by atoms with E-state index in [4.69, 9.17) is 4.74 Å². The summed E-state index contributed by atoms with van der Waals surface area (Å²) in [7, 11) is 0. The molecule has 1 aromatic rings. The monoisotopic (exact) mass is 333 g/mol. The molecule has 0 bridgehead atoms. The van der Waals surface area contributed by atoms with Gasteiger partial charge in [0.2, 0.25) is 11.9 Å². The van der Waals surface area contributed by atoms with Crippen molar-refractivity contribution in [2.75, 3.05) is 43.0 Å². The number of aryl methyl sites for hydroxylation is 1. The summed E-state index contributed by atoms with van der Waals surface area (Å²) in [6.45, 7) is 5.93. The molecule has 2 aliphatic heterocycles. The Hall–Kier alpha value is -1.89. The van der Waals surface area contributed by atoms with Gasteiger partial charge in [-0.15, -0.1) is 0 Å². The Morgan fingerprint density at radius 1 is 1.25 bits per heavy atom.